The Hall–Kier alpha value is -0.510. The number of amidine groups is 1. The molecule has 3 atom stereocenters. The standard InChI is InChI=1S/C14H20N2OS/c17-12-14(5-1-2-6-14)18-13(16-12)15-11-8-9-3-4-10(11)7-9/h9-11H,1-8H2,(H,15,16,17)/t9-,10?,11+/m1/s1. The molecule has 1 amide bonds. The lowest BCUT2D eigenvalue weighted by molar-refractivity contribution is -0.119. The van der Waals surface area contributed by atoms with Crippen molar-refractivity contribution in [2.45, 2.75) is 62.2 Å². The third-order valence-corrected chi connectivity index (χ3v) is 6.72. The Morgan fingerprint density at radius 2 is 2.06 bits per heavy atom. The van der Waals surface area contributed by atoms with Crippen LogP contribution in [0.25, 0.3) is 0 Å². The van der Waals surface area contributed by atoms with E-state index in [1.54, 1.807) is 11.8 Å². The van der Waals surface area contributed by atoms with Crippen LogP contribution in [0.15, 0.2) is 4.99 Å². The Morgan fingerprint density at radius 3 is 2.72 bits per heavy atom. The van der Waals surface area contributed by atoms with Gasteiger partial charge in [0.15, 0.2) is 5.17 Å². The number of thioether (sulfide) groups is 1. The second-order valence-electron chi connectivity index (χ2n) is 6.45. The summed E-state index contributed by atoms with van der Waals surface area (Å²) >= 11 is 1.73. The maximum Gasteiger partial charge on any atom is 0.264 e. The SMILES string of the molecule is O=C1N=C(N[C@H]2C[C@@H]3CCC2C3)SC12CCCC2. The van der Waals surface area contributed by atoms with Gasteiger partial charge < -0.3 is 5.32 Å². The summed E-state index contributed by atoms with van der Waals surface area (Å²) in [5.74, 6) is 1.92. The van der Waals surface area contributed by atoms with Crippen LogP contribution in [-0.2, 0) is 4.79 Å². The number of carbonyl (C=O) groups is 1. The van der Waals surface area contributed by atoms with Crippen LogP contribution in [0, 0.1) is 11.8 Å². The molecule has 3 nitrogen and oxygen atoms in total. The molecule has 98 valence electrons. The van der Waals surface area contributed by atoms with Gasteiger partial charge in [-0.05, 0) is 43.9 Å². The molecule has 1 spiro atoms. The summed E-state index contributed by atoms with van der Waals surface area (Å²) in [6, 6.07) is 0.597. The minimum Gasteiger partial charge on any atom is -0.361 e. The Bertz CT molecular complexity index is 414. The van der Waals surface area contributed by atoms with Gasteiger partial charge in [-0.15, -0.1) is 0 Å². The molecule has 0 radical (unpaired) electrons. The minimum atomic E-state index is -0.167. The van der Waals surface area contributed by atoms with Gasteiger partial charge in [0, 0.05) is 6.04 Å². The Balaban J connectivity index is 1.44. The number of fused-ring (bicyclic) bond motifs is 2. The normalized spacial score (nSPS) is 40.8. The number of carbonyl (C=O) groups excluding carboxylic acids is 1. The van der Waals surface area contributed by atoms with Gasteiger partial charge in [0.2, 0.25) is 0 Å². The van der Waals surface area contributed by atoms with E-state index in [0.29, 0.717) is 6.04 Å². The maximum absolute atomic E-state index is 12.1. The molecule has 0 aromatic carbocycles. The van der Waals surface area contributed by atoms with Crippen molar-refractivity contribution in [3.05, 3.63) is 0 Å². The molecule has 1 aliphatic heterocycles. The van der Waals surface area contributed by atoms with Gasteiger partial charge in [-0.1, -0.05) is 31.0 Å². The molecule has 0 saturated heterocycles. The molecule has 18 heavy (non-hydrogen) atoms. The van der Waals surface area contributed by atoms with Crippen LogP contribution in [0.5, 0.6) is 0 Å². The van der Waals surface area contributed by atoms with Crippen LogP contribution in [0.2, 0.25) is 0 Å². The predicted molar refractivity (Wildman–Crippen MR) is 73.6 cm³/mol. The van der Waals surface area contributed by atoms with E-state index in [-0.39, 0.29) is 10.7 Å². The van der Waals surface area contributed by atoms with Crippen LogP contribution < -0.4 is 5.32 Å². The van der Waals surface area contributed by atoms with E-state index in [9.17, 15) is 4.79 Å². The number of nitrogens with zero attached hydrogens (tertiary/aromatic N) is 1. The van der Waals surface area contributed by atoms with Crippen LogP contribution >= 0.6 is 11.8 Å². The average molecular weight is 264 g/mol. The lowest BCUT2D eigenvalue weighted by Crippen LogP contribution is -2.37. The molecule has 4 heteroatoms. The fourth-order valence-corrected chi connectivity index (χ4v) is 5.68. The summed E-state index contributed by atoms with van der Waals surface area (Å²) in [7, 11) is 0. The maximum atomic E-state index is 12.1. The molecule has 1 heterocycles. The molecule has 0 aromatic heterocycles. The fraction of sp³-hybridized carbons (Fsp3) is 0.857. The van der Waals surface area contributed by atoms with Crippen LogP contribution in [-0.4, -0.2) is 21.9 Å². The number of amides is 1. The molecule has 3 aliphatic carbocycles. The molecule has 1 N–H and O–H groups in total. The molecular formula is C14H20N2OS. The third-order valence-electron chi connectivity index (χ3n) is 5.34. The average Bonchev–Trinajstić information content (AvgIpc) is 3.06. The highest BCUT2D eigenvalue weighted by molar-refractivity contribution is 8.16. The van der Waals surface area contributed by atoms with Crippen LogP contribution in [0.1, 0.15) is 51.4 Å². The van der Waals surface area contributed by atoms with Gasteiger partial charge >= 0.3 is 0 Å². The first kappa shape index (κ1) is 11.3. The van der Waals surface area contributed by atoms with Crippen molar-refractivity contribution >= 4 is 22.8 Å². The summed E-state index contributed by atoms with van der Waals surface area (Å²) in [5, 5.41) is 4.51. The minimum absolute atomic E-state index is 0.135. The summed E-state index contributed by atoms with van der Waals surface area (Å²) in [6.45, 7) is 0. The van der Waals surface area contributed by atoms with Crippen molar-refractivity contribution in [1.82, 2.24) is 5.32 Å². The first-order valence-corrected chi connectivity index (χ1v) is 8.15. The highest BCUT2D eigenvalue weighted by atomic mass is 32.2. The highest BCUT2D eigenvalue weighted by Crippen LogP contribution is 2.48. The topological polar surface area (TPSA) is 41.5 Å². The van der Waals surface area contributed by atoms with Crippen molar-refractivity contribution in [3.8, 4) is 0 Å². The zero-order valence-electron chi connectivity index (χ0n) is 10.7. The van der Waals surface area contributed by atoms with Crippen molar-refractivity contribution in [2.24, 2.45) is 16.8 Å². The molecule has 2 bridgehead atoms. The Morgan fingerprint density at radius 1 is 1.22 bits per heavy atom. The monoisotopic (exact) mass is 264 g/mol. The summed E-state index contributed by atoms with van der Waals surface area (Å²) < 4.78 is -0.167. The molecule has 3 saturated carbocycles. The first-order chi connectivity index (χ1) is 8.75. The van der Waals surface area contributed by atoms with Crippen LogP contribution in [0.3, 0.4) is 0 Å². The number of nitrogens with one attached hydrogen (secondary N) is 1. The smallest absolute Gasteiger partial charge is 0.264 e. The molecule has 3 fully saturated rings. The number of aliphatic imine (C=N–C) groups is 1. The van der Waals surface area contributed by atoms with E-state index >= 15 is 0 Å². The zero-order valence-corrected chi connectivity index (χ0v) is 11.5. The second-order valence-corrected chi connectivity index (χ2v) is 7.82. The third kappa shape index (κ3) is 1.64. The van der Waals surface area contributed by atoms with E-state index < -0.39 is 0 Å². The van der Waals surface area contributed by atoms with Gasteiger partial charge in [-0.3, -0.25) is 4.79 Å². The van der Waals surface area contributed by atoms with E-state index in [0.717, 1.165) is 29.8 Å². The largest absolute Gasteiger partial charge is 0.361 e. The van der Waals surface area contributed by atoms with Crippen molar-refractivity contribution in [3.63, 3.8) is 0 Å². The number of rotatable bonds is 1. The lowest BCUT2D eigenvalue weighted by Gasteiger charge is -2.24. The van der Waals surface area contributed by atoms with E-state index in [2.05, 4.69) is 10.3 Å². The summed E-state index contributed by atoms with van der Waals surface area (Å²) in [6.07, 6.45) is 9.93. The second kappa shape index (κ2) is 3.99. The van der Waals surface area contributed by atoms with Gasteiger partial charge in [-0.25, -0.2) is 0 Å². The van der Waals surface area contributed by atoms with Gasteiger partial charge in [-0.2, -0.15) is 4.99 Å². The Kier molecular flexibility index (Phi) is 2.51. The summed E-state index contributed by atoms with van der Waals surface area (Å²) in [5.41, 5.74) is 0. The lowest BCUT2D eigenvalue weighted by atomic mass is 9.96. The van der Waals surface area contributed by atoms with E-state index in [1.807, 2.05) is 0 Å². The quantitative estimate of drug-likeness (QED) is 0.791. The number of hydrogen-bond donors (Lipinski definition) is 1. The molecular weight excluding hydrogens is 244 g/mol. The van der Waals surface area contributed by atoms with Gasteiger partial charge in [0.05, 0.1) is 0 Å². The summed E-state index contributed by atoms with van der Waals surface area (Å²) in [4.78, 5) is 16.4. The number of hydrogen-bond acceptors (Lipinski definition) is 3. The Labute approximate surface area is 112 Å². The van der Waals surface area contributed by atoms with Gasteiger partial charge in [0.25, 0.3) is 5.91 Å². The zero-order chi connectivity index (χ0) is 12.2. The molecule has 4 rings (SSSR count). The molecule has 0 aromatic rings. The first-order valence-electron chi connectivity index (χ1n) is 7.34. The highest BCUT2D eigenvalue weighted by Gasteiger charge is 2.48. The van der Waals surface area contributed by atoms with E-state index in [4.69, 9.17) is 0 Å². The predicted octanol–water partition coefficient (Wildman–Crippen LogP) is 2.71. The van der Waals surface area contributed by atoms with Gasteiger partial charge in [0.1, 0.15) is 4.75 Å². The molecule has 4 aliphatic rings. The molecule has 1 unspecified atom stereocenters. The fourth-order valence-electron chi connectivity index (χ4n) is 4.35. The van der Waals surface area contributed by atoms with Crippen molar-refractivity contribution in [1.29, 1.82) is 0 Å². The van der Waals surface area contributed by atoms with Crippen molar-refractivity contribution in [2.75, 3.05) is 0 Å². The van der Waals surface area contributed by atoms with Crippen LogP contribution in [0.4, 0.5) is 0 Å². The van der Waals surface area contributed by atoms with Crippen molar-refractivity contribution < 1.29 is 4.79 Å². The van der Waals surface area contributed by atoms with E-state index in [1.165, 1.54) is 38.5 Å².